The van der Waals surface area contributed by atoms with E-state index in [4.69, 9.17) is 15.2 Å². The predicted molar refractivity (Wildman–Crippen MR) is 75.5 cm³/mol. The Labute approximate surface area is 121 Å². The number of hydrogen-bond donors (Lipinski definition) is 3. The summed E-state index contributed by atoms with van der Waals surface area (Å²) >= 11 is 0. The van der Waals surface area contributed by atoms with E-state index in [2.05, 4.69) is 0 Å². The molecule has 0 aliphatic carbocycles. The van der Waals surface area contributed by atoms with E-state index < -0.39 is 24.8 Å². The van der Waals surface area contributed by atoms with E-state index in [1.807, 2.05) is 0 Å². The number of nitrogens with one attached hydrogen (secondary N) is 1. The molecule has 1 aliphatic heterocycles. The lowest BCUT2D eigenvalue weighted by Crippen LogP contribution is -2.45. The first-order valence-electron chi connectivity index (χ1n) is 6.36. The fraction of sp³-hybridized carbons (Fsp3) is 0.308. The van der Waals surface area contributed by atoms with Gasteiger partial charge in [-0.25, -0.2) is 4.79 Å². The topological polar surface area (TPSA) is 111 Å². The average molecular weight is 290 g/mol. The molecule has 110 valence electrons. The molecule has 0 unspecified atom stereocenters. The van der Waals surface area contributed by atoms with E-state index >= 15 is 0 Å². The monoisotopic (exact) mass is 290 g/mol. The van der Waals surface area contributed by atoms with Gasteiger partial charge in [0.15, 0.2) is 0 Å². The SMILES string of the molecule is CN1CC(=O)OB(O)c2cccc(CC(=N)C(=O)O)c2C1. The van der Waals surface area contributed by atoms with Crippen LogP contribution >= 0.6 is 0 Å². The average Bonchev–Trinajstić information content (AvgIpc) is 2.38. The van der Waals surface area contributed by atoms with Gasteiger partial charge in [0.05, 0.1) is 6.54 Å². The first kappa shape index (κ1) is 15.2. The van der Waals surface area contributed by atoms with Crippen LogP contribution in [0, 0.1) is 5.41 Å². The van der Waals surface area contributed by atoms with Crippen molar-refractivity contribution in [3.05, 3.63) is 29.3 Å². The Balaban J connectivity index is 2.41. The van der Waals surface area contributed by atoms with Gasteiger partial charge in [0, 0.05) is 18.4 Å². The lowest BCUT2D eigenvalue weighted by atomic mass is 9.74. The van der Waals surface area contributed by atoms with Crippen LogP contribution in [0.25, 0.3) is 0 Å². The molecule has 2 rings (SSSR count). The molecular formula is C13H15BN2O5. The number of likely N-dealkylation sites (N-methyl/N-ethyl adjacent to an activating group) is 1. The summed E-state index contributed by atoms with van der Waals surface area (Å²) in [5.41, 5.74) is 1.31. The smallest absolute Gasteiger partial charge is 0.505 e. The van der Waals surface area contributed by atoms with Crippen molar-refractivity contribution in [2.75, 3.05) is 13.6 Å². The van der Waals surface area contributed by atoms with Crippen LogP contribution in [-0.2, 0) is 27.2 Å². The predicted octanol–water partition coefficient (Wildman–Crippen LogP) is -0.990. The molecule has 1 aromatic carbocycles. The lowest BCUT2D eigenvalue weighted by molar-refractivity contribution is -0.136. The van der Waals surface area contributed by atoms with Gasteiger partial charge in [-0.1, -0.05) is 18.2 Å². The van der Waals surface area contributed by atoms with Gasteiger partial charge in [-0.15, -0.1) is 0 Å². The zero-order valence-electron chi connectivity index (χ0n) is 11.5. The van der Waals surface area contributed by atoms with E-state index in [-0.39, 0.29) is 13.0 Å². The van der Waals surface area contributed by atoms with Crippen molar-refractivity contribution >= 4 is 30.2 Å². The summed E-state index contributed by atoms with van der Waals surface area (Å²) < 4.78 is 4.90. The van der Waals surface area contributed by atoms with Crippen molar-refractivity contribution in [1.29, 1.82) is 5.41 Å². The molecule has 0 atom stereocenters. The van der Waals surface area contributed by atoms with Gasteiger partial charge >= 0.3 is 19.1 Å². The zero-order valence-corrected chi connectivity index (χ0v) is 11.5. The number of carboxylic acid groups (broad SMARTS) is 1. The highest BCUT2D eigenvalue weighted by Crippen LogP contribution is 2.14. The van der Waals surface area contributed by atoms with E-state index in [0.717, 1.165) is 0 Å². The van der Waals surface area contributed by atoms with Crippen molar-refractivity contribution < 1.29 is 24.4 Å². The highest BCUT2D eigenvalue weighted by atomic mass is 16.6. The fourth-order valence-corrected chi connectivity index (χ4v) is 2.28. The molecule has 8 heteroatoms. The van der Waals surface area contributed by atoms with Crippen LogP contribution in [0.4, 0.5) is 0 Å². The molecule has 7 nitrogen and oxygen atoms in total. The third kappa shape index (κ3) is 3.47. The van der Waals surface area contributed by atoms with Crippen LogP contribution in [-0.4, -0.2) is 53.4 Å². The second kappa shape index (κ2) is 6.07. The largest absolute Gasteiger partial charge is 0.562 e. The van der Waals surface area contributed by atoms with Gasteiger partial charge in [-0.05, 0) is 18.2 Å². The van der Waals surface area contributed by atoms with Crippen molar-refractivity contribution in [3.8, 4) is 0 Å². The molecular weight excluding hydrogens is 275 g/mol. The zero-order chi connectivity index (χ0) is 15.6. The first-order valence-corrected chi connectivity index (χ1v) is 6.36. The maximum Gasteiger partial charge on any atom is 0.562 e. The maximum absolute atomic E-state index is 11.5. The normalized spacial score (nSPS) is 15.7. The van der Waals surface area contributed by atoms with E-state index in [9.17, 15) is 14.6 Å². The van der Waals surface area contributed by atoms with Crippen molar-refractivity contribution in [1.82, 2.24) is 4.90 Å². The molecule has 0 aromatic heterocycles. The van der Waals surface area contributed by atoms with Gasteiger partial charge in [0.2, 0.25) is 0 Å². The van der Waals surface area contributed by atoms with Gasteiger partial charge in [-0.2, -0.15) is 0 Å². The van der Waals surface area contributed by atoms with Crippen molar-refractivity contribution in [2.24, 2.45) is 0 Å². The number of fused-ring (bicyclic) bond motifs is 1. The number of carboxylic acids is 1. The summed E-state index contributed by atoms with van der Waals surface area (Å²) in [6.07, 6.45) is -0.0486. The summed E-state index contributed by atoms with van der Waals surface area (Å²) in [6, 6.07) is 4.97. The van der Waals surface area contributed by atoms with Crippen molar-refractivity contribution in [3.63, 3.8) is 0 Å². The molecule has 0 fully saturated rings. The van der Waals surface area contributed by atoms with Crippen LogP contribution in [0.5, 0.6) is 0 Å². The summed E-state index contributed by atoms with van der Waals surface area (Å²) in [6.45, 7) is 0.395. The minimum atomic E-state index is -1.37. The van der Waals surface area contributed by atoms with Gasteiger partial charge in [-0.3, -0.25) is 15.1 Å². The molecule has 0 saturated heterocycles. The second-order valence-corrected chi connectivity index (χ2v) is 4.96. The lowest BCUT2D eigenvalue weighted by Gasteiger charge is -2.25. The Bertz CT molecular complexity index is 604. The molecule has 1 aliphatic rings. The highest BCUT2D eigenvalue weighted by Gasteiger charge is 2.30. The summed E-state index contributed by atoms with van der Waals surface area (Å²) in [5.74, 6) is -1.81. The quantitative estimate of drug-likeness (QED) is 0.487. The first-order chi connectivity index (χ1) is 9.88. The van der Waals surface area contributed by atoms with Gasteiger partial charge in [0.1, 0.15) is 5.71 Å². The number of rotatable bonds is 3. The summed E-state index contributed by atoms with van der Waals surface area (Å²) in [7, 11) is 0.349. The molecule has 0 bridgehead atoms. The summed E-state index contributed by atoms with van der Waals surface area (Å²) in [5, 5.41) is 26.3. The Hall–Kier alpha value is -2.19. The van der Waals surface area contributed by atoms with Crippen LogP contribution in [0.3, 0.4) is 0 Å². The Kier molecular flexibility index (Phi) is 4.39. The molecule has 0 saturated carbocycles. The maximum atomic E-state index is 11.5. The second-order valence-electron chi connectivity index (χ2n) is 4.96. The third-order valence-corrected chi connectivity index (χ3v) is 3.27. The van der Waals surface area contributed by atoms with Crippen LogP contribution < -0.4 is 5.46 Å². The molecule has 0 radical (unpaired) electrons. The number of hydrogen-bond acceptors (Lipinski definition) is 6. The van der Waals surface area contributed by atoms with Crippen molar-refractivity contribution in [2.45, 2.75) is 13.0 Å². The van der Waals surface area contributed by atoms with E-state index in [1.165, 1.54) is 0 Å². The highest BCUT2D eigenvalue weighted by molar-refractivity contribution is 6.62. The van der Waals surface area contributed by atoms with E-state index in [0.29, 0.717) is 23.1 Å². The molecule has 0 amide bonds. The third-order valence-electron chi connectivity index (χ3n) is 3.27. The van der Waals surface area contributed by atoms with E-state index in [1.54, 1.807) is 30.1 Å². The molecule has 1 aromatic rings. The molecule has 1 heterocycles. The fourth-order valence-electron chi connectivity index (χ4n) is 2.28. The Morgan fingerprint density at radius 2 is 2.19 bits per heavy atom. The van der Waals surface area contributed by atoms with Crippen LogP contribution in [0.15, 0.2) is 18.2 Å². The number of nitrogens with zero attached hydrogens (tertiary/aromatic N) is 1. The van der Waals surface area contributed by atoms with Crippen LogP contribution in [0.2, 0.25) is 0 Å². The molecule has 3 N–H and O–H groups in total. The van der Waals surface area contributed by atoms with Gasteiger partial charge < -0.3 is 14.8 Å². The Morgan fingerprint density at radius 1 is 1.48 bits per heavy atom. The van der Waals surface area contributed by atoms with Crippen LogP contribution in [0.1, 0.15) is 11.1 Å². The number of carbonyl (C=O) groups excluding carboxylic acids is 1. The molecule has 0 spiro atoms. The minimum absolute atomic E-state index is 0.0290. The summed E-state index contributed by atoms with van der Waals surface area (Å²) in [4.78, 5) is 24.0. The standard InChI is InChI=1S/C13H15BN2O5/c1-16-6-9-8(5-11(15)13(18)19)3-2-4-10(9)14(20)21-12(17)7-16/h2-4,15,20H,5-7H2,1H3,(H,18,19). The molecule has 21 heavy (non-hydrogen) atoms. The number of benzene rings is 1. The number of carbonyl (C=O) groups is 2. The number of aliphatic carboxylic acids is 1. The minimum Gasteiger partial charge on any atom is -0.505 e. The Morgan fingerprint density at radius 3 is 2.86 bits per heavy atom. The van der Waals surface area contributed by atoms with Gasteiger partial charge in [0.25, 0.3) is 0 Å².